The third-order valence-electron chi connectivity index (χ3n) is 3.03. The zero-order chi connectivity index (χ0) is 15.2. The minimum Gasteiger partial charge on any atom is -0.421 e. The Bertz CT molecular complexity index is 579. The van der Waals surface area contributed by atoms with Gasteiger partial charge in [0.25, 0.3) is 0 Å². The van der Waals surface area contributed by atoms with E-state index >= 15 is 0 Å². The molecule has 114 valence electrons. The van der Waals surface area contributed by atoms with Crippen LogP contribution in [-0.2, 0) is 13.1 Å². The highest BCUT2D eigenvalue weighted by Gasteiger charge is 2.07. The second kappa shape index (κ2) is 7.17. The predicted molar refractivity (Wildman–Crippen MR) is 81.3 cm³/mol. The maximum Gasteiger partial charge on any atom is 0.322 e. The van der Waals surface area contributed by atoms with Crippen molar-refractivity contribution >= 4 is 0 Å². The van der Waals surface area contributed by atoms with Gasteiger partial charge in [-0.1, -0.05) is 20.8 Å². The Morgan fingerprint density at radius 3 is 2.81 bits per heavy atom. The van der Waals surface area contributed by atoms with Crippen LogP contribution in [0.4, 0.5) is 0 Å². The Morgan fingerprint density at radius 1 is 1.33 bits per heavy atom. The van der Waals surface area contributed by atoms with E-state index in [4.69, 9.17) is 4.74 Å². The molecule has 0 saturated heterocycles. The lowest BCUT2D eigenvalue weighted by Gasteiger charge is -2.10. The first kappa shape index (κ1) is 15.4. The second-order valence-electron chi connectivity index (χ2n) is 5.34. The molecule has 0 aliphatic carbocycles. The third kappa shape index (κ3) is 4.53. The average molecular weight is 289 g/mol. The van der Waals surface area contributed by atoms with E-state index in [1.165, 1.54) is 0 Å². The Hall–Kier alpha value is -1.95. The monoisotopic (exact) mass is 289 g/mol. The molecule has 6 nitrogen and oxygen atoms in total. The van der Waals surface area contributed by atoms with Crippen molar-refractivity contribution in [2.45, 2.75) is 53.2 Å². The van der Waals surface area contributed by atoms with Crippen molar-refractivity contribution in [2.24, 2.45) is 0 Å². The molecule has 2 aromatic rings. The number of aryl methyl sites for hydroxylation is 2. The Morgan fingerprint density at radius 2 is 2.14 bits per heavy atom. The summed E-state index contributed by atoms with van der Waals surface area (Å²) in [6.45, 7) is 9.94. The highest BCUT2D eigenvalue weighted by atomic mass is 16.5. The van der Waals surface area contributed by atoms with Crippen molar-refractivity contribution in [3.8, 4) is 11.8 Å². The molecular weight excluding hydrogens is 266 g/mol. The molecule has 0 saturated carbocycles. The topological polar surface area (TPSA) is 64.9 Å². The SMILES string of the molecule is CCCn1cc(Oc2ncc(CNC(C)C)c(C)n2)cn1. The van der Waals surface area contributed by atoms with Gasteiger partial charge < -0.3 is 10.1 Å². The number of hydrogen-bond donors (Lipinski definition) is 1. The molecule has 6 heteroatoms. The molecule has 2 aromatic heterocycles. The van der Waals surface area contributed by atoms with Crippen LogP contribution in [-0.4, -0.2) is 25.8 Å². The summed E-state index contributed by atoms with van der Waals surface area (Å²) in [6.07, 6.45) is 6.39. The molecule has 0 bridgehead atoms. The third-order valence-corrected chi connectivity index (χ3v) is 3.03. The largest absolute Gasteiger partial charge is 0.421 e. The van der Waals surface area contributed by atoms with Crippen LogP contribution in [0.1, 0.15) is 38.4 Å². The Balaban J connectivity index is 2.01. The van der Waals surface area contributed by atoms with E-state index in [0.29, 0.717) is 17.8 Å². The van der Waals surface area contributed by atoms with Gasteiger partial charge in [0.05, 0.1) is 12.4 Å². The van der Waals surface area contributed by atoms with Crippen molar-refractivity contribution in [3.05, 3.63) is 29.8 Å². The number of nitrogens with zero attached hydrogens (tertiary/aromatic N) is 4. The summed E-state index contributed by atoms with van der Waals surface area (Å²) in [7, 11) is 0. The van der Waals surface area contributed by atoms with Gasteiger partial charge in [0.2, 0.25) is 0 Å². The number of hydrogen-bond acceptors (Lipinski definition) is 5. The highest BCUT2D eigenvalue weighted by molar-refractivity contribution is 5.21. The summed E-state index contributed by atoms with van der Waals surface area (Å²) < 4.78 is 7.49. The van der Waals surface area contributed by atoms with Gasteiger partial charge >= 0.3 is 6.01 Å². The standard InChI is InChI=1S/C15H23N5O/c1-5-6-20-10-14(9-18-20)21-15-17-8-13(12(4)19-15)7-16-11(2)3/h8-11,16H,5-7H2,1-4H3. The van der Waals surface area contributed by atoms with Crippen molar-refractivity contribution in [2.75, 3.05) is 0 Å². The van der Waals surface area contributed by atoms with E-state index in [1.54, 1.807) is 6.20 Å². The molecule has 0 radical (unpaired) electrons. The van der Waals surface area contributed by atoms with E-state index in [9.17, 15) is 0 Å². The fourth-order valence-electron chi connectivity index (χ4n) is 1.86. The van der Waals surface area contributed by atoms with Crippen LogP contribution in [0, 0.1) is 6.92 Å². The zero-order valence-electron chi connectivity index (χ0n) is 13.1. The fourth-order valence-corrected chi connectivity index (χ4v) is 1.86. The molecule has 0 spiro atoms. The van der Waals surface area contributed by atoms with Crippen LogP contribution >= 0.6 is 0 Å². The van der Waals surface area contributed by atoms with Crippen LogP contribution < -0.4 is 10.1 Å². The summed E-state index contributed by atoms with van der Waals surface area (Å²) in [5, 5.41) is 7.57. The van der Waals surface area contributed by atoms with E-state index < -0.39 is 0 Å². The van der Waals surface area contributed by atoms with Crippen LogP contribution in [0.3, 0.4) is 0 Å². The van der Waals surface area contributed by atoms with Gasteiger partial charge in [-0.15, -0.1) is 0 Å². The van der Waals surface area contributed by atoms with Crippen LogP contribution in [0.2, 0.25) is 0 Å². The lowest BCUT2D eigenvalue weighted by atomic mass is 10.2. The van der Waals surface area contributed by atoms with E-state index in [0.717, 1.165) is 30.8 Å². The van der Waals surface area contributed by atoms with Gasteiger partial charge in [-0.2, -0.15) is 10.1 Å². The van der Waals surface area contributed by atoms with Crippen molar-refractivity contribution < 1.29 is 4.74 Å². The number of ether oxygens (including phenoxy) is 1. The first-order chi connectivity index (χ1) is 10.1. The van der Waals surface area contributed by atoms with Crippen LogP contribution in [0.25, 0.3) is 0 Å². The van der Waals surface area contributed by atoms with E-state index in [2.05, 4.69) is 41.2 Å². The van der Waals surface area contributed by atoms with Crippen LogP contribution in [0.15, 0.2) is 18.6 Å². The van der Waals surface area contributed by atoms with Gasteiger partial charge in [0.15, 0.2) is 5.75 Å². The molecule has 0 unspecified atom stereocenters. The zero-order valence-corrected chi connectivity index (χ0v) is 13.1. The number of rotatable bonds is 7. The molecular formula is C15H23N5O. The molecule has 0 aliphatic rings. The van der Waals surface area contributed by atoms with Crippen molar-refractivity contribution in [3.63, 3.8) is 0 Å². The second-order valence-corrected chi connectivity index (χ2v) is 5.34. The summed E-state index contributed by atoms with van der Waals surface area (Å²) in [5.74, 6) is 0.663. The van der Waals surface area contributed by atoms with Gasteiger partial charge in [-0.25, -0.2) is 4.98 Å². The Kier molecular flexibility index (Phi) is 5.27. The summed E-state index contributed by atoms with van der Waals surface area (Å²) in [4.78, 5) is 8.65. The van der Waals surface area contributed by atoms with Gasteiger partial charge in [-0.3, -0.25) is 4.68 Å². The average Bonchev–Trinajstić information content (AvgIpc) is 2.85. The maximum atomic E-state index is 5.64. The molecule has 21 heavy (non-hydrogen) atoms. The van der Waals surface area contributed by atoms with E-state index in [1.807, 2.05) is 24.0 Å². The molecule has 1 N–H and O–H groups in total. The first-order valence-corrected chi connectivity index (χ1v) is 7.34. The molecule has 2 rings (SSSR count). The van der Waals surface area contributed by atoms with Gasteiger partial charge in [0, 0.05) is 36.6 Å². The molecule has 0 aromatic carbocycles. The summed E-state index contributed by atoms with van der Waals surface area (Å²) in [5.41, 5.74) is 2.01. The molecule has 0 fully saturated rings. The van der Waals surface area contributed by atoms with Crippen LogP contribution in [0.5, 0.6) is 11.8 Å². The van der Waals surface area contributed by atoms with E-state index in [-0.39, 0.29) is 0 Å². The van der Waals surface area contributed by atoms with Gasteiger partial charge in [-0.05, 0) is 13.3 Å². The quantitative estimate of drug-likeness (QED) is 0.849. The minimum absolute atomic E-state index is 0.358. The first-order valence-electron chi connectivity index (χ1n) is 7.34. The molecule has 2 heterocycles. The number of aromatic nitrogens is 4. The maximum absolute atomic E-state index is 5.64. The normalized spacial score (nSPS) is 11.1. The fraction of sp³-hybridized carbons (Fsp3) is 0.533. The predicted octanol–water partition coefficient (Wildman–Crippen LogP) is 2.68. The summed E-state index contributed by atoms with van der Waals surface area (Å²) >= 11 is 0. The van der Waals surface area contributed by atoms with Gasteiger partial charge in [0.1, 0.15) is 0 Å². The highest BCUT2D eigenvalue weighted by Crippen LogP contribution is 2.17. The summed E-state index contributed by atoms with van der Waals surface area (Å²) in [6, 6.07) is 0.793. The molecule has 0 atom stereocenters. The number of nitrogens with one attached hydrogen (secondary N) is 1. The minimum atomic E-state index is 0.358. The smallest absolute Gasteiger partial charge is 0.322 e. The Labute approximate surface area is 125 Å². The lowest BCUT2D eigenvalue weighted by Crippen LogP contribution is -2.22. The van der Waals surface area contributed by atoms with Crippen molar-refractivity contribution in [1.29, 1.82) is 0 Å². The molecule has 0 aliphatic heterocycles. The molecule has 0 amide bonds. The van der Waals surface area contributed by atoms with Crippen molar-refractivity contribution in [1.82, 2.24) is 25.1 Å². The lowest BCUT2D eigenvalue weighted by molar-refractivity contribution is 0.437.